The van der Waals surface area contributed by atoms with Crippen LogP contribution in [-0.4, -0.2) is 38.5 Å². The molecular formula is C18H25FN2O3. The lowest BCUT2D eigenvalue weighted by atomic mass is 9.99. The van der Waals surface area contributed by atoms with Crippen molar-refractivity contribution in [1.29, 1.82) is 0 Å². The van der Waals surface area contributed by atoms with Crippen molar-refractivity contribution in [2.45, 2.75) is 37.8 Å². The molecule has 1 aromatic rings. The number of ether oxygens (including phenoxy) is 2. The number of amides is 2. The summed E-state index contributed by atoms with van der Waals surface area (Å²) in [4.78, 5) is 12.3. The lowest BCUT2D eigenvalue weighted by Gasteiger charge is -2.26. The van der Waals surface area contributed by atoms with Crippen LogP contribution in [0.2, 0.25) is 0 Å². The molecule has 0 saturated carbocycles. The predicted molar refractivity (Wildman–Crippen MR) is 88.2 cm³/mol. The third-order valence-corrected chi connectivity index (χ3v) is 4.66. The van der Waals surface area contributed by atoms with E-state index < -0.39 is 0 Å². The average molecular weight is 336 g/mol. The van der Waals surface area contributed by atoms with E-state index in [4.69, 9.17) is 9.47 Å². The first kappa shape index (κ1) is 17.2. The van der Waals surface area contributed by atoms with Gasteiger partial charge in [-0.2, -0.15) is 0 Å². The molecular weight excluding hydrogens is 311 g/mol. The molecule has 3 unspecified atom stereocenters. The molecule has 0 bridgehead atoms. The van der Waals surface area contributed by atoms with Gasteiger partial charge in [-0.1, -0.05) is 12.1 Å². The van der Waals surface area contributed by atoms with Crippen LogP contribution in [-0.2, 0) is 9.47 Å². The Morgan fingerprint density at radius 3 is 2.67 bits per heavy atom. The molecule has 3 rings (SSSR count). The quantitative estimate of drug-likeness (QED) is 0.869. The molecule has 2 amide bonds. The minimum atomic E-state index is -0.286. The van der Waals surface area contributed by atoms with Crippen LogP contribution in [0.15, 0.2) is 24.3 Å². The van der Waals surface area contributed by atoms with E-state index in [0.717, 1.165) is 37.9 Å². The standard InChI is InChI=1S/C18H25FN2O3/c19-15-7-5-14(6-8-15)17(16-4-2-10-24-16)21-18(22)20-11-13-3-1-9-23-12-13/h5-8,13,16-17H,1-4,9-12H2,(H2,20,21,22). The maximum absolute atomic E-state index is 13.2. The molecule has 0 aromatic heterocycles. The molecule has 2 aliphatic rings. The largest absolute Gasteiger partial charge is 0.381 e. The monoisotopic (exact) mass is 336 g/mol. The topological polar surface area (TPSA) is 59.6 Å². The van der Waals surface area contributed by atoms with Crippen molar-refractivity contribution in [3.8, 4) is 0 Å². The zero-order chi connectivity index (χ0) is 16.8. The Bertz CT molecular complexity index is 526. The first-order chi connectivity index (χ1) is 11.7. The SMILES string of the molecule is O=C(NCC1CCCOC1)NC(c1ccc(F)cc1)C1CCCO1. The Morgan fingerprint density at radius 1 is 1.21 bits per heavy atom. The highest BCUT2D eigenvalue weighted by Gasteiger charge is 2.29. The first-order valence-corrected chi connectivity index (χ1v) is 8.71. The van der Waals surface area contributed by atoms with E-state index in [1.165, 1.54) is 12.1 Å². The first-order valence-electron chi connectivity index (χ1n) is 8.71. The molecule has 2 saturated heterocycles. The lowest BCUT2D eigenvalue weighted by molar-refractivity contribution is 0.0552. The predicted octanol–water partition coefficient (Wildman–Crippen LogP) is 2.77. The average Bonchev–Trinajstić information content (AvgIpc) is 3.14. The van der Waals surface area contributed by atoms with Gasteiger partial charge >= 0.3 is 6.03 Å². The number of benzene rings is 1. The van der Waals surface area contributed by atoms with Gasteiger partial charge in [0.25, 0.3) is 0 Å². The van der Waals surface area contributed by atoms with E-state index in [9.17, 15) is 9.18 Å². The number of urea groups is 1. The van der Waals surface area contributed by atoms with Gasteiger partial charge in [0, 0.05) is 19.8 Å². The number of halogens is 1. The van der Waals surface area contributed by atoms with Gasteiger partial charge in [0.15, 0.2) is 0 Å². The molecule has 2 heterocycles. The van der Waals surface area contributed by atoms with E-state index in [1.54, 1.807) is 12.1 Å². The van der Waals surface area contributed by atoms with Crippen molar-refractivity contribution in [1.82, 2.24) is 10.6 Å². The van der Waals surface area contributed by atoms with Crippen LogP contribution < -0.4 is 10.6 Å². The summed E-state index contributed by atoms with van der Waals surface area (Å²) < 4.78 is 24.3. The van der Waals surface area contributed by atoms with E-state index in [0.29, 0.717) is 25.7 Å². The second-order valence-corrected chi connectivity index (χ2v) is 6.52. The Morgan fingerprint density at radius 2 is 2.00 bits per heavy atom. The van der Waals surface area contributed by atoms with Crippen LogP contribution in [0.25, 0.3) is 0 Å². The fourth-order valence-corrected chi connectivity index (χ4v) is 3.32. The van der Waals surface area contributed by atoms with Gasteiger partial charge in [-0.25, -0.2) is 9.18 Å². The molecule has 0 spiro atoms. The summed E-state index contributed by atoms with van der Waals surface area (Å²) in [6, 6.07) is 5.75. The summed E-state index contributed by atoms with van der Waals surface area (Å²) >= 11 is 0. The Labute approximate surface area is 141 Å². The zero-order valence-electron chi connectivity index (χ0n) is 13.8. The maximum Gasteiger partial charge on any atom is 0.315 e. The Kier molecular flexibility index (Phi) is 6.04. The smallest absolute Gasteiger partial charge is 0.315 e. The summed E-state index contributed by atoms with van der Waals surface area (Å²) in [6.45, 7) is 2.82. The molecule has 1 aromatic carbocycles. The van der Waals surface area contributed by atoms with Crippen molar-refractivity contribution < 1.29 is 18.7 Å². The highest BCUT2D eigenvalue weighted by atomic mass is 19.1. The summed E-state index contributed by atoms with van der Waals surface area (Å²) in [6.07, 6.45) is 3.92. The van der Waals surface area contributed by atoms with Crippen molar-refractivity contribution in [2.24, 2.45) is 5.92 Å². The number of carbonyl (C=O) groups excluding carboxylic acids is 1. The number of hydrogen-bond acceptors (Lipinski definition) is 3. The summed E-state index contributed by atoms with van der Waals surface area (Å²) in [5, 5.41) is 5.92. The van der Waals surface area contributed by atoms with Crippen molar-refractivity contribution in [3.63, 3.8) is 0 Å². The van der Waals surface area contributed by atoms with Crippen molar-refractivity contribution in [2.75, 3.05) is 26.4 Å². The summed E-state index contributed by atoms with van der Waals surface area (Å²) in [5.74, 6) is 0.0862. The van der Waals surface area contributed by atoms with Gasteiger partial charge in [0.1, 0.15) is 5.82 Å². The number of carbonyl (C=O) groups is 1. The molecule has 2 aliphatic heterocycles. The molecule has 6 heteroatoms. The van der Waals surface area contributed by atoms with Crippen molar-refractivity contribution >= 4 is 6.03 Å². The fourth-order valence-electron chi connectivity index (χ4n) is 3.32. The third kappa shape index (κ3) is 4.68. The normalized spacial score (nSPS) is 25.2. The van der Waals surface area contributed by atoms with Crippen molar-refractivity contribution in [3.05, 3.63) is 35.6 Å². The summed E-state index contributed by atoms with van der Waals surface area (Å²) in [5.41, 5.74) is 0.861. The lowest BCUT2D eigenvalue weighted by Crippen LogP contribution is -2.44. The van der Waals surface area contributed by atoms with Crippen LogP contribution in [0.1, 0.15) is 37.3 Å². The Hall–Kier alpha value is -1.66. The highest BCUT2D eigenvalue weighted by molar-refractivity contribution is 5.74. The maximum atomic E-state index is 13.2. The highest BCUT2D eigenvalue weighted by Crippen LogP contribution is 2.27. The van der Waals surface area contributed by atoms with Crippen LogP contribution >= 0.6 is 0 Å². The molecule has 24 heavy (non-hydrogen) atoms. The van der Waals surface area contributed by atoms with Gasteiger partial charge in [0.2, 0.25) is 0 Å². The minimum absolute atomic E-state index is 0.0702. The molecule has 2 fully saturated rings. The van der Waals surface area contributed by atoms with E-state index >= 15 is 0 Å². The molecule has 2 N–H and O–H groups in total. The zero-order valence-corrected chi connectivity index (χ0v) is 13.8. The van der Waals surface area contributed by atoms with Gasteiger partial charge < -0.3 is 20.1 Å². The summed E-state index contributed by atoms with van der Waals surface area (Å²) in [7, 11) is 0. The van der Waals surface area contributed by atoms with Crippen LogP contribution in [0, 0.1) is 11.7 Å². The second-order valence-electron chi connectivity index (χ2n) is 6.52. The number of nitrogens with one attached hydrogen (secondary N) is 2. The molecule has 0 radical (unpaired) electrons. The Balaban J connectivity index is 1.58. The van der Waals surface area contributed by atoms with E-state index in [2.05, 4.69) is 10.6 Å². The van der Waals surface area contributed by atoms with Crippen LogP contribution in [0.5, 0.6) is 0 Å². The van der Waals surface area contributed by atoms with Gasteiger partial charge in [-0.3, -0.25) is 0 Å². The fraction of sp³-hybridized carbons (Fsp3) is 0.611. The van der Waals surface area contributed by atoms with E-state index in [1.807, 2.05) is 0 Å². The molecule has 3 atom stereocenters. The van der Waals surface area contributed by atoms with E-state index in [-0.39, 0.29) is 24.0 Å². The van der Waals surface area contributed by atoms with Gasteiger partial charge in [0.05, 0.1) is 18.8 Å². The van der Waals surface area contributed by atoms with Gasteiger partial charge in [-0.05, 0) is 49.3 Å². The molecule has 5 nitrogen and oxygen atoms in total. The number of rotatable bonds is 5. The molecule has 0 aliphatic carbocycles. The second kappa shape index (κ2) is 8.44. The minimum Gasteiger partial charge on any atom is -0.381 e. The third-order valence-electron chi connectivity index (χ3n) is 4.66. The van der Waals surface area contributed by atoms with Crippen LogP contribution in [0.3, 0.4) is 0 Å². The molecule has 132 valence electrons. The van der Waals surface area contributed by atoms with Crippen LogP contribution in [0.4, 0.5) is 9.18 Å². The van der Waals surface area contributed by atoms with Gasteiger partial charge in [-0.15, -0.1) is 0 Å². The number of hydrogen-bond donors (Lipinski definition) is 2.